The Morgan fingerprint density at radius 2 is 1.68 bits per heavy atom. The molecule has 0 unspecified atom stereocenters. The van der Waals surface area contributed by atoms with E-state index in [9.17, 15) is 4.79 Å². The standard InChI is InChI=1S/C24H31N3O/c1-19-9-13-26(14-10-19)23-8-7-22(18-25-23)24(28)27-15-11-21(12-16-27)17-20-5-3-2-4-6-20/h2-8,18-19,21H,9-17H2,1H3. The summed E-state index contributed by atoms with van der Waals surface area (Å²) in [7, 11) is 0. The Morgan fingerprint density at radius 3 is 2.32 bits per heavy atom. The van der Waals surface area contributed by atoms with Gasteiger partial charge in [-0.15, -0.1) is 0 Å². The number of benzene rings is 1. The highest BCUT2D eigenvalue weighted by Gasteiger charge is 2.24. The highest BCUT2D eigenvalue weighted by molar-refractivity contribution is 5.94. The maximum Gasteiger partial charge on any atom is 0.255 e. The minimum absolute atomic E-state index is 0.129. The second-order valence-corrected chi connectivity index (χ2v) is 8.50. The van der Waals surface area contributed by atoms with Crippen LogP contribution in [0.1, 0.15) is 48.5 Å². The summed E-state index contributed by atoms with van der Waals surface area (Å²) in [5.74, 6) is 2.62. The highest BCUT2D eigenvalue weighted by Crippen LogP contribution is 2.24. The van der Waals surface area contributed by atoms with E-state index in [-0.39, 0.29) is 5.91 Å². The number of aromatic nitrogens is 1. The molecule has 2 aliphatic rings. The van der Waals surface area contributed by atoms with Crippen LogP contribution in [0.5, 0.6) is 0 Å². The number of rotatable bonds is 4. The van der Waals surface area contributed by atoms with Gasteiger partial charge < -0.3 is 9.80 Å². The third-order valence-electron chi connectivity index (χ3n) is 6.37. The summed E-state index contributed by atoms with van der Waals surface area (Å²) in [4.78, 5) is 21.8. The van der Waals surface area contributed by atoms with Crippen molar-refractivity contribution in [1.82, 2.24) is 9.88 Å². The second-order valence-electron chi connectivity index (χ2n) is 8.50. The van der Waals surface area contributed by atoms with Crippen molar-refractivity contribution in [2.75, 3.05) is 31.1 Å². The molecular formula is C24H31N3O. The van der Waals surface area contributed by atoms with Crippen molar-refractivity contribution < 1.29 is 4.79 Å². The number of carbonyl (C=O) groups excluding carboxylic acids is 1. The molecule has 0 aliphatic carbocycles. The lowest BCUT2D eigenvalue weighted by molar-refractivity contribution is 0.0690. The van der Waals surface area contributed by atoms with Crippen molar-refractivity contribution in [2.24, 2.45) is 11.8 Å². The van der Waals surface area contributed by atoms with Gasteiger partial charge in [0.2, 0.25) is 0 Å². The van der Waals surface area contributed by atoms with Crippen molar-refractivity contribution in [3.05, 3.63) is 59.8 Å². The number of amides is 1. The number of hydrogen-bond acceptors (Lipinski definition) is 3. The lowest BCUT2D eigenvalue weighted by Crippen LogP contribution is -2.39. The fourth-order valence-electron chi connectivity index (χ4n) is 4.41. The zero-order chi connectivity index (χ0) is 19.3. The fourth-order valence-corrected chi connectivity index (χ4v) is 4.41. The molecule has 2 aromatic rings. The van der Waals surface area contributed by atoms with Gasteiger partial charge in [-0.2, -0.15) is 0 Å². The molecule has 4 nitrogen and oxygen atoms in total. The quantitative estimate of drug-likeness (QED) is 0.792. The van der Waals surface area contributed by atoms with Crippen LogP contribution >= 0.6 is 0 Å². The molecule has 1 amide bonds. The Balaban J connectivity index is 1.30. The van der Waals surface area contributed by atoms with Crippen molar-refractivity contribution in [3.63, 3.8) is 0 Å². The van der Waals surface area contributed by atoms with Gasteiger partial charge in [0.15, 0.2) is 0 Å². The molecule has 0 N–H and O–H groups in total. The van der Waals surface area contributed by atoms with E-state index in [1.807, 2.05) is 17.0 Å². The van der Waals surface area contributed by atoms with Crippen LogP contribution in [0, 0.1) is 11.8 Å². The van der Waals surface area contributed by atoms with Crippen molar-refractivity contribution in [3.8, 4) is 0 Å². The first-order chi connectivity index (χ1) is 13.7. The average Bonchev–Trinajstić information content (AvgIpc) is 2.75. The molecule has 148 valence electrons. The molecule has 0 atom stereocenters. The van der Waals surface area contributed by atoms with Gasteiger partial charge in [-0.1, -0.05) is 37.3 Å². The van der Waals surface area contributed by atoms with E-state index in [0.29, 0.717) is 5.92 Å². The van der Waals surface area contributed by atoms with E-state index in [4.69, 9.17) is 0 Å². The van der Waals surface area contributed by atoms with Gasteiger partial charge in [0.25, 0.3) is 5.91 Å². The van der Waals surface area contributed by atoms with Gasteiger partial charge in [-0.25, -0.2) is 4.98 Å². The number of hydrogen-bond donors (Lipinski definition) is 0. The molecule has 0 radical (unpaired) electrons. The van der Waals surface area contributed by atoms with Crippen LogP contribution in [0.15, 0.2) is 48.7 Å². The molecule has 1 aromatic heterocycles. The smallest absolute Gasteiger partial charge is 0.255 e. The molecule has 0 spiro atoms. The van der Waals surface area contributed by atoms with E-state index in [1.54, 1.807) is 6.20 Å². The van der Waals surface area contributed by atoms with Gasteiger partial charge in [0.05, 0.1) is 5.56 Å². The Hall–Kier alpha value is -2.36. The molecule has 28 heavy (non-hydrogen) atoms. The molecular weight excluding hydrogens is 346 g/mol. The SMILES string of the molecule is CC1CCN(c2ccc(C(=O)N3CCC(Cc4ccccc4)CC3)cn2)CC1. The zero-order valence-corrected chi connectivity index (χ0v) is 16.9. The lowest BCUT2D eigenvalue weighted by atomic mass is 9.90. The summed E-state index contributed by atoms with van der Waals surface area (Å²) in [6.07, 6.45) is 7.50. The Kier molecular flexibility index (Phi) is 5.94. The fraction of sp³-hybridized carbons (Fsp3) is 0.500. The van der Waals surface area contributed by atoms with E-state index < -0.39 is 0 Å². The van der Waals surface area contributed by atoms with Crippen LogP contribution in [-0.2, 0) is 6.42 Å². The van der Waals surface area contributed by atoms with Gasteiger partial charge >= 0.3 is 0 Å². The van der Waals surface area contributed by atoms with Gasteiger partial charge in [0.1, 0.15) is 5.82 Å². The van der Waals surface area contributed by atoms with E-state index >= 15 is 0 Å². The first-order valence-electron chi connectivity index (χ1n) is 10.7. The molecule has 4 rings (SSSR count). The largest absolute Gasteiger partial charge is 0.357 e. The molecule has 3 heterocycles. The summed E-state index contributed by atoms with van der Waals surface area (Å²) >= 11 is 0. The van der Waals surface area contributed by atoms with Gasteiger partial charge in [0, 0.05) is 32.4 Å². The van der Waals surface area contributed by atoms with Crippen molar-refractivity contribution >= 4 is 11.7 Å². The summed E-state index contributed by atoms with van der Waals surface area (Å²) in [6, 6.07) is 14.7. The summed E-state index contributed by atoms with van der Waals surface area (Å²) in [5.41, 5.74) is 2.12. The molecule has 2 aliphatic heterocycles. The number of nitrogens with zero attached hydrogens (tertiary/aromatic N) is 3. The van der Waals surface area contributed by atoms with Crippen molar-refractivity contribution in [1.29, 1.82) is 0 Å². The van der Waals surface area contributed by atoms with Crippen LogP contribution in [0.4, 0.5) is 5.82 Å². The third kappa shape index (κ3) is 4.54. The molecule has 2 fully saturated rings. The Morgan fingerprint density at radius 1 is 0.964 bits per heavy atom. The van der Waals surface area contributed by atoms with Gasteiger partial charge in [-0.05, 0) is 61.6 Å². The van der Waals surface area contributed by atoms with E-state index in [1.165, 1.54) is 18.4 Å². The second kappa shape index (κ2) is 8.76. The number of carbonyl (C=O) groups is 1. The lowest BCUT2D eigenvalue weighted by Gasteiger charge is -2.32. The monoisotopic (exact) mass is 377 g/mol. The molecule has 0 bridgehead atoms. The first kappa shape index (κ1) is 19.0. The predicted octanol–water partition coefficient (Wildman–Crippen LogP) is 4.41. The molecule has 2 saturated heterocycles. The maximum atomic E-state index is 12.9. The van der Waals surface area contributed by atoms with E-state index in [2.05, 4.69) is 47.1 Å². The van der Waals surface area contributed by atoms with Crippen LogP contribution in [0.3, 0.4) is 0 Å². The van der Waals surface area contributed by atoms with Crippen LogP contribution in [0.25, 0.3) is 0 Å². The topological polar surface area (TPSA) is 36.4 Å². The molecule has 4 heteroatoms. The number of piperidine rings is 2. The minimum Gasteiger partial charge on any atom is -0.357 e. The maximum absolute atomic E-state index is 12.9. The Labute approximate surface area is 168 Å². The number of likely N-dealkylation sites (tertiary alicyclic amines) is 1. The molecule has 0 saturated carbocycles. The van der Waals surface area contributed by atoms with Crippen LogP contribution < -0.4 is 4.90 Å². The minimum atomic E-state index is 0.129. The van der Waals surface area contributed by atoms with Crippen LogP contribution in [-0.4, -0.2) is 42.0 Å². The normalized spacial score (nSPS) is 19.0. The summed E-state index contributed by atoms with van der Waals surface area (Å²) in [5, 5.41) is 0. The summed E-state index contributed by atoms with van der Waals surface area (Å²) < 4.78 is 0. The number of anilines is 1. The third-order valence-corrected chi connectivity index (χ3v) is 6.37. The first-order valence-corrected chi connectivity index (χ1v) is 10.7. The zero-order valence-electron chi connectivity index (χ0n) is 16.9. The van der Waals surface area contributed by atoms with Crippen molar-refractivity contribution in [2.45, 2.75) is 39.0 Å². The van der Waals surface area contributed by atoms with Crippen LogP contribution in [0.2, 0.25) is 0 Å². The predicted molar refractivity (Wildman–Crippen MR) is 114 cm³/mol. The van der Waals surface area contributed by atoms with E-state index in [0.717, 1.165) is 62.7 Å². The Bertz CT molecular complexity index is 758. The number of pyridine rings is 1. The average molecular weight is 378 g/mol. The molecule has 1 aromatic carbocycles. The highest BCUT2D eigenvalue weighted by atomic mass is 16.2. The van der Waals surface area contributed by atoms with Gasteiger partial charge in [-0.3, -0.25) is 4.79 Å². The summed E-state index contributed by atoms with van der Waals surface area (Å²) in [6.45, 7) is 6.15.